The molecule has 0 radical (unpaired) electrons. The Bertz CT molecular complexity index is 830. The lowest BCUT2D eigenvalue weighted by molar-refractivity contribution is -0.149. The van der Waals surface area contributed by atoms with E-state index in [1.165, 1.54) is 4.31 Å². The second-order valence-electron chi connectivity index (χ2n) is 7.44. The molecule has 10 heteroatoms. The third-order valence-corrected chi connectivity index (χ3v) is 7.96. The third-order valence-electron chi connectivity index (χ3n) is 5.72. The van der Waals surface area contributed by atoms with Crippen LogP contribution in [0.4, 0.5) is 0 Å². The van der Waals surface area contributed by atoms with E-state index in [1.54, 1.807) is 51.5 Å². The fraction of sp³-hybridized carbons (Fsp3) is 0.650. The molecule has 0 N–H and O–H groups in total. The van der Waals surface area contributed by atoms with Crippen molar-refractivity contribution < 1.29 is 32.3 Å². The van der Waals surface area contributed by atoms with E-state index in [2.05, 4.69) is 0 Å². The molecule has 2 atom stereocenters. The zero-order valence-corrected chi connectivity index (χ0v) is 18.7. The van der Waals surface area contributed by atoms with Crippen LogP contribution in [0.1, 0.15) is 31.4 Å². The Labute approximate surface area is 177 Å². The number of hydrogen-bond donors (Lipinski definition) is 0. The number of methoxy groups -OCH3 is 2. The van der Waals surface area contributed by atoms with E-state index in [4.69, 9.17) is 19.0 Å². The smallest absolute Gasteiger partial charge is 0.309 e. The van der Waals surface area contributed by atoms with Gasteiger partial charge < -0.3 is 14.2 Å². The fourth-order valence-corrected chi connectivity index (χ4v) is 6.06. The molecule has 2 unspecified atom stereocenters. The summed E-state index contributed by atoms with van der Waals surface area (Å²) in [6.45, 7) is 2.73. The predicted octanol–water partition coefficient (Wildman–Crippen LogP) is 1.60. The van der Waals surface area contributed by atoms with Gasteiger partial charge in [-0.2, -0.15) is 5.06 Å². The molecule has 1 aromatic carbocycles. The molecule has 0 bridgehead atoms. The summed E-state index contributed by atoms with van der Waals surface area (Å²) in [7, 11) is 1.16. The largest absolute Gasteiger partial charge is 0.497 e. The van der Waals surface area contributed by atoms with Gasteiger partial charge in [-0.3, -0.25) is 9.63 Å². The maximum Gasteiger partial charge on any atom is 0.309 e. The standard InChI is InChI=1S/C20H30N2O7S/c1-5-28-20(23)14-6-8-22(9-7-14)30(24,25)18-13-29-21(2)19(18)15-10-16(26-3)12-17(11-15)27-4/h10-12,14,18-19H,5-9,13H2,1-4H3. The van der Waals surface area contributed by atoms with Crippen LogP contribution in [-0.4, -0.2) is 76.6 Å². The van der Waals surface area contributed by atoms with Crippen molar-refractivity contribution in [3.63, 3.8) is 0 Å². The fourth-order valence-electron chi connectivity index (χ4n) is 4.07. The zero-order chi connectivity index (χ0) is 21.9. The van der Waals surface area contributed by atoms with Gasteiger partial charge in [0.05, 0.1) is 39.4 Å². The van der Waals surface area contributed by atoms with Crippen LogP contribution >= 0.6 is 0 Å². The van der Waals surface area contributed by atoms with Crippen LogP contribution in [0.25, 0.3) is 0 Å². The van der Waals surface area contributed by atoms with E-state index in [0.29, 0.717) is 44.0 Å². The van der Waals surface area contributed by atoms with E-state index in [0.717, 1.165) is 5.56 Å². The third kappa shape index (κ3) is 4.56. The van der Waals surface area contributed by atoms with E-state index in [1.807, 2.05) is 0 Å². The molecule has 168 valence electrons. The van der Waals surface area contributed by atoms with Crippen molar-refractivity contribution in [1.29, 1.82) is 0 Å². The Hall–Kier alpha value is -1.88. The van der Waals surface area contributed by atoms with Crippen molar-refractivity contribution >= 4 is 16.0 Å². The summed E-state index contributed by atoms with van der Waals surface area (Å²) in [4.78, 5) is 17.6. The van der Waals surface area contributed by atoms with Crippen LogP contribution < -0.4 is 9.47 Å². The van der Waals surface area contributed by atoms with Gasteiger partial charge in [-0.15, -0.1) is 0 Å². The Morgan fingerprint density at radius 2 is 1.73 bits per heavy atom. The van der Waals surface area contributed by atoms with Gasteiger partial charge in [0, 0.05) is 26.2 Å². The predicted molar refractivity (Wildman–Crippen MR) is 110 cm³/mol. The Kier molecular flexibility index (Phi) is 7.22. The molecule has 2 aliphatic rings. The molecular formula is C20H30N2O7S. The second-order valence-corrected chi connectivity index (χ2v) is 9.59. The number of piperidine rings is 1. The highest BCUT2D eigenvalue weighted by Gasteiger charge is 2.47. The summed E-state index contributed by atoms with van der Waals surface area (Å²) in [5, 5.41) is 0.792. The lowest BCUT2D eigenvalue weighted by Gasteiger charge is -2.33. The summed E-state index contributed by atoms with van der Waals surface area (Å²) in [5.74, 6) is 0.657. The monoisotopic (exact) mass is 442 g/mol. The maximum atomic E-state index is 13.5. The summed E-state index contributed by atoms with van der Waals surface area (Å²) in [5.41, 5.74) is 0.737. The topological polar surface area (TPSA) is 94.6 Å². The Balaban J connectivity index is 1.81. The van der Waals surface area contributed by atoms with Crippen LogP contribution in [-0.2, 0) is 24.4 Å². The number of hydroxylamine groups is 2. The van der Waals surface area contributed by atoms with Crippen LogP contribution in [0.5, 0.6) is 11.5 Å². The zero-order valence-electron chi connectivity index (χ0n) is 17.9. The van der Waals surface area contributed by atoms with Gasteiger partial charge in [-0.25, -0.2) is 12.7 Å². The van der Waals surface area contributed by atoms with Gasteiger partial charge >= 0.3 is 5.97 Å². The summed E-state index contributed by atoms with van der Waals surface area (Å²) in [6, 6.07) is 4.83. The second kappa shape index (κ2) is 9.51. The molecule has 0 aromatic heterocycles. The first kappa shape index (κ1) is 22.8. The minimum Gasteiger partial charge on any atom is -0.497 e. The molecule has 2 heterocycles. The summed E-state index contributed by atoms with van der Waals surface area (Å²) in [6.07, 6.45) is 0.915. The van der Waals surface area contributed by atoms with Crippen LogP contribution in [0, 0.1) is 5.92 Å². The van der Waals surface area contributed by atoms with Crippen LogP contribution in [0.2, 0.25) is 0 Å². The molecular weight excluding hydrogens is 412 g/mol. The number of esters is 1. The minimum absolute atomic E-state index is 0.0564. The van der Waals surface area contributed by atoms with Gasteiger partial charge in [0.15, 0.2) is 0 Å². The van der Waals surface area contributed by atoms with Crippen molar-refractivity contribution in [2.75, 3.05) is 47.6 Å². The molecule has 3 rings (SSSR count). The number of sulfonamides is 1. The normalized spacial score (nSPS) is 24.0. The van der Waals surface area contributed by atoms with Gasteiger partial charge in [0.1, 0.15) is 16.7 Å². The molecule has 2 saturated heterocycles. The number of hydrogen-bond acceptors (Lipinski definition) is 8. The lowest BCUT2D eigenvalue weighted by Crippen LogP contribution is -2.46. The van der Waals surface area contributed by atoms with Gasteiger partial charge in [-0.05, 0) is 37.5 Å². The first-order chi connectivity index (χ1) is 14.3. The van der Waals surface area contributed by atoms with Crippen molar-refractivity contribution in [3.8, 4) is 11.5 Å². The molecule has 0 amide bonds. The Morgan fingerprint density at radius 3 is 2.27 bits per heavy atom. The number of carbonyl (C=O) groups is 1. The average Bonchev–Trinajstić information content (AvgIpc) is 3.15. The molecule has 2 aliphatic heterocycles. The van der Waals surface area contributed by atoms with Gasteiger partial charge in [0.2, 0.25) is 10.0 Å². The van der Waals surface area contributed by atoms with Gasteiger partial charge in [0.25, 0.3) is 0 Å². The Morgan fingerprint density at radius 1 is 1.13 bits per heavy atom. The number of rotatable bonds is 7. The maximum absolute atomic E-state index is 13.5. The van der Waals surface area contributed by atoms with Gasteiger partial charge in [-0.1, -0.05) is 0 Å². The quantitative estimate of drug-likeness (QED) is 0.588. The first-order valence-corrected chi connectivity index (χ1v) is 11.6. The molecule has 30 heavy (non-hydrogen) atoms. The molecule has 2 fully saturated rings. The number of carbonyl (C=O) groups excluding carboxylic acids is 1. The van der Waals surface area contributed by atoms with Crippen LogP contribution in [0.3, 0.4) is 0 Å². The number of ether oxygens (including phenoxy) is 3. The number of benzene rings is 1. The van der Waals surface area contributed by atoms with Crippen molar-refractivity contribution in [1.82, 2.24) is 9.37 Å². The van der Waals surface area contributed by atoms with E-state index in [-0.39, 0.29) is 18.5 Å². The van der Waals surface area contributed by atoms with E-state index in [9.17, 15) is 13.2 Å². The number of nitrogens with zero attached hydrogens (tertiary/aromatic N) is 2. The SMILES string of the molecule is CCOC(=O)C1CCN(S(=O)(=O)C2CON(C)C2c2cc(OC)cc(OC)c2)CC1. The summed E-state index contributed by atoms with van der Waals surface area (Å²) >= 11 is 0. The minimum atomic E-state index is -3.66. The highest BCUT2D eigenvalue weighted by Crippen LogP contribution is 2.38. The van der Waals surface area contributed by atoms with Crippen molar-refractivity contribution in [2.45, 2.75) is 31.1 Å². The summed E-state index contributed by atoms with van der Waals surface area (Å²) < 4.78 is 44.2. The highest BCUT2D eigenvalue weighted by atomic mass is 32.2. The van der Waals surface area contributed by atoms with Crippen molar-refractivity contribution in [3.05, 3.63) is 23.8 Å². The first-order valence-electron chi connectivity index (χ1n) is 10.1. The molecule has 0 spiro atoms. The lowest BCUT2D eigenvalue weighted by atomic mass is 9.98. The van der Waals surface area contributed by atoms with Crippen LogP contribution in [0.15, 0.2) is 18.2 Å². The molecule has 9 nitrogen and oxygen atoms in total. The highest BCUT2D eigenvalue weighted by molar-refractivity contribution is 7.89. The molecule has 0 saturated carbocycles. The van der Waals surface area contributed by atoms with E-state index < -0.39 is 21.3 Å². The molecule has 0 aliphatic carbocycles. The van der Waals surface area contributed by atoms with Crippen molar-refractivity contribution in [2.24, 2.45) is 5.92 Å². The average molecular weight is 443 g/mol. The molecule has 1 aromatic rings. The van der Waals surface area contributed by atoms with E-state index >= 15 is 0 Å².